The van der Waals surface area contributed by atoms with E-state index in [1.165, 1.54) is 5.56 Å². The number of aryl methyl sites for hydroxylation is 1. The van der Waals surface area contributed by atoms with E-state index in [-0.39, 0.29) is 18.1 Å². The molecule has 0 bridgehead atoms. The molecule has 134 valence electrons. The van der Waals surface area contributed by atoms with Crippen molar-refractivity contribution in [3.63, 3.8) is 0 Å². The first-order valence-corrected chi connectivity index (χ1v) is 8.69. The van der Waals surface area contributed by atoms with Crippen LogP contribution in [0.4, 0.5) is 0 Å². The number of nitrogens with zero attached hydrogens (tertiary/aromatic N) is 4. The molecule has 1 aromatic heterocycles. The van der Waals surface area contributed by atoms with Crippen LogP contribution in [0.3, 0.4) is 0 Å². The molecule has 2 aromatic rings. The maximum atomic E-state index is 12.7. The van der Waals surface area contributed by atoms with Gasteiger partial charge in [0.25, 0.3) is 5.91 Å². The van der Waals surface area contributed by atoms with Gasteiger partial charge >= 0.3 is 0 Å². The van der Waals surface area contributed by atoms with E-state index in [0.29, 0.717) is 12.1 Å². The number of aromatic nitrogens is 2. The summed E-state index contributed by atoms with van der Waals surface area (Å²) in [6.45, 7) is 6.29. The normalized spacial score (nSPS) is 18.6. The fraction of sp³-hybridized carbons (Fsp3) is 0.474. The van der Waals surface area contributed by atoms with Crippen LogP contribution < -0.4 is 4.74 Å². The van der Waals surface area contributed by atoms with Crippen molar-refractivity contribution >= 4 is 5.91 Å². The molecule has 3 rings (SSSR count). The molecule has 0 unspecified atom stereocenters. The van der Waals surface area contributed by atoms with Gasteiger partial charge in [-0.2, -0.15) is 5.10 Å². The predicted molar refractivity (Wildman–Crippen MR) is 96.7 cm³/mol. The monoisotopic (exact) mass is 342 g/mol. The van der Waals surface area contributed by atoms with Crippen molar-refractivity contribution in [3.05, 3.63) is 47.8 Å². The number of carbonyl (C=O) groups excluding carboxylic acids is 1. The highest BCUT2D eigenvalue weighted by atomic mass is 16.5. The lowest BCUT2D eigenvalue weighted by Crippen LogP contribution is -2.48. The van der Waals surface area contributed by atoms with Crippen LogP contribution in [0.2, 0.25) is 0 Å². The molecule has 1 aliphatic rings. The molecule has 2 heterocycles. The Balaban J connectivity index is 1.73. The van der Waals surface area contributed by atoms with Crippen molar-refractivity contribution in [1.29, 1.82) is 0 Å². The van der Waals surface area contributed by atoms with Crippen LogP contribution in [-0.2, 0) is 7.05 Å². The first kappa shape index (κ1) is 17.5. The zero-order chi connectivity index (χ0) is 18.0. The Morgan fingerprint density at radius 1 is 1.20 bits per heavy atom. The first-order valence-electron chi connectivity index (χ1n) is 8.69. The van der Waals surface area contributed by atoms with E-state index >= 15 is 0 Å². The molecule has 1 amide bonds. The summed E-state index contributed by atoms with van der Waals surface area (Å²) in [4.78, 5) is 16.9. The molecule has 0 saturated carbocycles. The Morgan fingerprint density at radius 3 is 2.52 bits per heavy atom. The Hall–Kier alpha value is -2.34. The van der Waals surface area contributed by atoms with Gasteiger partial charge in [-0.05, 0) is 38.6 Å². The topological polar surface area (TPSA) is 50.6 Å². The molecule has 6 heteroatoms. The minimum Gasteiger partial charge on any atom is -0.491 e. The van der Waals surface area contributed by atoms with Gasteiger partial charge in [-0.3, -0.25) is 14.4 Å². The fourth-order valence-electron chi connectivity index (χ4n) is 3.17. The molecule has 1 fully saturated rings. The number of amides is 1. The Kier molecular flexibility index (Phi) is 5.08. The Labute approximate surface area is 149 Å². The van der Waals surface area contributed by atoms with Crippen molar-refractivity contribution < 1.29 is 9.53 Å². The summed E-state index contributed by atoms with van der Waals surface area (Å²) in [6.07, 6.45) is 3.57. The lowest BCUT2D eigenvalue weighted by molar-refractivity contribution is 0.0546. The van der Waals surface area contributed by atoms with Crippen LogP contribution in [0.5, 0.6) is 5.75 Å². The van der Waals surface area contributed by atoms with E-state index in [2.05, 4.69) is 29.2 Å². The summed E-state index contributed by atoms with van der Waals surface area (Å²) in [7, 11) is 3.93. The summed E-state index contributed by atoms with van der Waals surface area (Å²) in [5.74, 6) is 0.923. The van der Waals surface area contributed by atoms with Gasteiger partial charge in [-0.15, -0.1) is 0 Å². The minimum atomic E-state index is 0.0472. The molecule has 25 heavy (non-hydrogen) atoms. The van der Waals surface area contributed by atoms with E-state index in [1.807, 2.05) is 37.9 Å². The van der Waals surface area contributed by atoms with Crippen molar-refractivity contribution in [1.82, 2.24) is 19.6 Å². The number of benzene rings is 1. The lowest BCUT2D eigenvalue weighted by Gasteiger charge is -2.39. The van der Waals surface area contributed by atoms with Crippen molar-refractivity contribution in [2.45, 2.75) is 26.0 Å². The zero-order valence-electron chi connectivity index (χ0n) is 15.3. The molecule has 0 spiro atoms. The summed E-state index contributed by atoms with van der Waals surface area (Å²) in [5.41, 5.74) is 1.84. The third kappa shape index (κ3) is 4.02. The van der Waals surface area contributed by atoms with Crippen molar-refractivity contribution in [3.8, 4) is 5.75 Å². The average Bonchev–Trinajstić information content (AvgIpc) is 3.01. The van der Waals surface area contributed by atoms with Gasteiger partial charge < -0.3 is 9.64 Å². The molecule has 1 atom stereocenters. The lowest BCUT2D eigenvalue weighted by atomic mass is 10.0. The quantitative estimate of drug-likeness (QED) is 0.856. The minimum absolute atomic E-state index is 0.0472. The van der Waals surface area contributed by atoms with Crippen LogP contribution in [0.1, 0.15) is 35.8 Å². The van der Waals surface area contributed by atoms with Crippen LogP contribution in [-0.4, -0.2) is 58.3 Å². The smallest absolute Gasteiger partial charge is 0.257 e. The van der Waals surface area contributed by atoms with E-state index in [9.17, 15) is 4.79 Å². The molecule has 0 N–H and O–H groups in total. The molecule has 0 radical (unpaired) electrons. The number of rotatable bonds is 4. The number of hydrogen-bond acceptors (Lipinski definition) is 4. The molecular weight excluding hydrogens is 316 g/mol. The molecule has 1 aliphatic heterocycles. The summed E-state index contributed by atoms with van der Waals surface area (Å²) < 4.78 is 7.38. The van der Waals surface area contributed by atoms with Gasteiger partial charge in [0, 0.05) is 32.9 Å². The second kappa shape index (κ2) is 7.27. The molecule has 1 aromatic carbocycles. The Morgan fingerprint density at radius 2 is 1.92 bits per heavy atom. The second-order valence-electron chi connectivity index (χ2n) is 6.89. The second-order valence-corrected chi connectivity index (χ2v) is 6.89. The highest BCUT2D eigenvalue weighted by molar-refractivity contribution is 5.93. The van der Waals surface area contributed by atoms with E-state index in [0.717, 1.165) is 18.8 Å². The van der Waals surface area contributed by atoms with E-state index in [1.54, 1.807) is 17.1 Å². The summed E-state index contributed by atoms with van der Waals surface area (Å²) in [6, 6.07) is 8.38. The number of hydrogen-bond donors (Lipinski definition) is 0. The SMILES string of the molecule is CC(C)Oc1ccc([C@H]2CN(C(=O)c3cnn(C)c3)CCN2C)cc1. The van der Waals surface area contributed by atoms with Crippen LogP contribution in [0.25, 0.3) is 0 Å². The van der Waals surface area contributed by atoms with Crippen molar-refractivity contribution in [2.24, 2.45) is 7.05 Å². The molecule has 6 nitrogen and oxygen atoms in total. The zero-order valence-corrected chi connectivity index (χ0v) is 15.3. The first-order chi connectivity index (χ1) is 11.9. The van der Waals surface area contributed by atoms with Gasteiger partial charge in [-0.1, -0.05) is 12.1 Å². The summed E-state index contributed by atoms with van der Waals surface area (Å²) in [5, 5.41) is 4.10. The van der Waals surface area contributed by atoms with Gasteiger partial charge in [0.1, 0.15) is 5.75 Å². The van der Waals surface area contributed by atoms with Gasteiger partial charge in [0.05, 0.1) is 23.9 Å². The highest BCUT2D eigenvalue weighted by Crippen LogP contribution is 2.26. The maximum Gasteiger partial charge on any atom is 0.257 e. The number of carbonyl (C=O) groups is 1. The number of ether oxygens (including phenoxy) is 1. The maximum absolute atomic E-state index is 12.7. The molecule has 0 aliphatic carbocycles. The van der Waals surface area contributed by atoms with E-state index < -0.39 is 0 Å². The fourth-order valence-corrected chi connectivity index (χ4v) is 3.17. The number of piperazine rings is 1. The van der Waals surface area contributed by atoms with Crippen LogP contribution in [0.15, 0.2) is 36.7 Å². The van der Waals surface area contributed by atoms with Gasteiger partial charge in [0.15, 0.2) is 0 Å². The van der Waals surface area contributed by atoms with Crippen molar-refractivity contribution in [2.75, 3.05) is 26.7 Å². The molecule has 1 saturated heterocycles. The molecular formula is C19H26N4O2. The standard InChI is InChI=1S/C19H26N4O2/c1-14(2)25-17-7-5-15(6-8-17)18-13-23(10-9-21(18)3)19(24)16-11-20-22(4)12-16/h5-8,11-12,14,18H,9-10,13H2,1-4H3/t18-/m1/s1. The van der Waals surface area contributed by atoms with Gasteiger partial charge in [0.2, 0.25) is 0 Å². The summed E-state index contributed by atoms with van der Waals surface area (Å²) >= 11 is 0. The Bertz CT molecular complexity index is 723. The van der Waals surface area contributed by atoms with E-state index in [4.69, 9.17) is 4.74 Å². The largest absolute Gasteiger partial charge is 0.491 e. The third-order valence-electron chi connectivity index (χ3n) is 4.52. The average molecular weight is 342 g/mol. The van der Waals surface area contributed by atoms with Crippen LogP contribution >= 0.6 is 0 Å². The third-order valence-corrected chi connectivity index (χ3v) is 4.52. The van der Waals surface area contributed by atoms with Gasteiger partial charge in [-0.25, -0.2) is 0 Å². The van der Waals surface area contributed by atoms with Crippen LogP contribution in [0, 0.1) is 0 Å². The predicted octanol–water partition coefficient (Wildman–Crippen LogP) is 2.34. The highest BCUT2D eigenvalue weighted by Gasteiger charge is 2.29. The number of likely N-dealkylation sites (N-methyl/N-ethyl adjacent to an activating group) is 1.